The first-order valence-electron chi connectivity index (χ1n) is 6.20. The molecule has 0 radical (unpaired) electrons. The van der Waals surface area contributed by atoms with Crippen molar-refractivity contribution in [3.8, 4) is 0 Å². The van der Waals surface area contributed by atoms with Crippen LogP contribution in [0.3, 0.4) is 0 Å². The molecule has 5 heteroatoms. The van der Waals surface area contributed by atoms with E-state index in [4.69, 9.17) is 5.14 Å². The average Bonchev–Trinajstić information content (AvgIpc) is 2.79. The molecule has 0 atom stereocenters. The maximum Gasteiger partial charge on any atom is 0.240 e. The van der Waals surface area contributed by atoms with Gasteiger partial charge in [-0.1, -0.05) is 48.5 Å². The summed E-state index contributed by atoms with van der Waals surface area (Å²) in [5.74, 6) is 0. The van der Waals surface area contributed by atoms with E-state index in [0.29, 0.717) is 11.9 Å². The monoisotopic (exact) mass is 286 g/mol. The molecule has 3 aromatic rings. The van der Waals surface area contributed by atoms with E-state index in [0.717, 1.165) is 11.1 Å². The predicted molar refractivity (Wildman–Crippen MR) is 78.9 cm³/mol. The Morgan fingerprint density at radius 1 is 0.950 bits per heavy atom. The van der Waals surface area contributed by atoms with E-state index in [1.165, 1.54) is 0 Å². The number of nitrogens with two attached hydrogens (primary N) is 1. The smallest absolute Gasteiger partial charge is 0.240 e. The van der Waals surface area contributed by atoms with Gasteiger partial charge in [0, 0.05) is 23.6 Å². The molecule has 0 unspecified atom stereocenters. The first-order chi connectivity index (χ1) is 9.55. The van der Waals surface area contributed by atoms with Crippen molar-refractivity contribution in [1.29, 1.82) is 0 Å². The summed E-state index contributed by atoms with van der Waals surface area (Å²) >= 11 is 0. The number of aromatic nitrogens is 1. The largest absolute Gasteiger partial charge is 0.342 e. The highest BCUT2D eigenvalue weighted by Gasteiger charge is 2.16. The number of rotatable bonds is 3. The van der Waals surface area contributed by atoms with Crippen LogP contribution >= 0.6 is 0 Å². The van der Waals surface area contributed by atoms with Crippen molar-refractivity contribution in [1.82, 2.24) is 4.57 Å². The van der Waals surface area contributed by atoms with E-state index >= 15 is 0 Å². The number of fused-ring (bicyclic) bond motifs is 1. The molecule has 20 heavy (non-hydrogen) atoms. The van der Waals surface area contributed by atoms with Crippen molar-refractivity contribution in [2.75, 3.05) is 0 Å². The third-order valence-electron chi connectivity index (χ3n) is 3.25. The summed E-state index contributed by atoms with van der Waals surface area (Å²) in [6, 6.07) is 17.2. The minimum absolute atomic E-state index is 0.170. The summed E-state index contributed by atoms with van der Waals surface area (Å²) in [5, 5.41) is 5.95. The fraction of sp³-hybridized carbons (Fsp3) is 0.0667. The first-order valence-corrected chi connectivity index (χ1v) is 7.75. The van der Waals surface area contributed by atoms with E-state index in [9.17, 15) is 8.42 Å². The Morgan fingerprint density at radius 2 is 1.60 bits per heavy atom. The number of hydrogen-bond donors (Lipinski definition) is 1. The number of primary sulfonamides is 1. The summed E-state index contributed by atoms with van der Waals surface area (Å²) in [7, 11) is -3.72. The molecule has 0 saturated heterocycles. The summed E-state index contributed by atoms with van der Waals surface area (Å²) < 4.78 is 25.3. The zero-order valence-electron chi connectivity index (χ0n) is 10.7. The number of benzene rings is 2. The van der Waals surface area contributed by atoms with Gasteiger partial charge >= 0.3 is 0 Å². The molecule has 0 saturated carbocycles. The van der Waals surface area contributed by atoms with E-state index in [1.54, 1.807) is 12.3 Å². The van der Waals surface area contributed by atoms with Crippen LogP contribution in [0.5, 0.6) is 0 Å². The fourth-order valence-electron chi connectivity index (χ4n) is 2.35. The average molecular weight is 286 g/mol. The minimum atomic E-state index is -3.72. The molecular formula is C15H14N2O2S. The summed E-state index contributed by atoms with van der Waals surface area (Å²) in [4.78, 5) is 0.170. The molecule has 0 aliphatic heterocycles. The standard InChI is InChI=1S/C15H14N2O2S/c16-20(18,19)15-11-17(10-12-6-2-1-3-7-12)14-9-5-4-8-13(14)15/h1-9,11H,10H2,(H2,16,18,19). The third kappa shape index (κ3) is 2.33. The number of para-hydroxylation sites is 1. The lowest BCUT2D eigenvalue weighted by molar-refractivity contribution is 0.598. The Morgan fingerprint density at radius 3 is 2.30 bits per heavy atom. The van der Waals surface area contributed by atoms with Crippen LogP contribution in [0.15, 0.2) is 65.7 Å². The Kier molecular flexibility index (Phi) is 3.08. The maximum atomic E-state index is 11.7. The summed E-state index contributed by atoms with van der Waals surface area (Å²) in [6.45, 7) is 0.608. The molecular weight excluding hydrogens is 272 g/mol. The van der Waals surface area contributed by atoms with Crippen molar-refractivity contribution >= 4 is 20.9 Å². The lowest BCUT2D eigenvalue weighted by atomic mass is 10.2. The van der Waals surface area contributed by atoms with Crippen molar-refractivity contribution in [3.63, 3.8) is 0 Å². The van der Waals surface area contributed by atoms with Crippen molar-refractivity contribution in [2.24, 2.45) is 5.14 Å². The Hall–Kier alpha value is -2.11. The van der Waals surface area contributed by atoms with Gasteiger partial charge in [-0.2, -0.15) is 0 Å². The van der Waals surface area contributed by atoms with Crippen LogP contribution in [0.25, 0.3) is 10.9 Å². The molecule has 2 aromatic carbocycles. The predicted octanol–water partition coefficient (Wildman–Crippen LogP) is 2.34. The molecule has 0 spiro atoms. The molecule has 0 aliphatic carbocycles. The van der Waals surface area contributed by atoms with Gasteiger partial charge in [0.05, 0.1) is 0 Å². The summed E-state index contributed by atoms with van der Waals surface area (Å²) in [5.41, 5.74) is 1.97. The molecule has 0 fully saturated rings. The maximum absolute atomic E-state index is 11.7. The van der Waals surface area contributed by atoms with Crippen LogP contribution in [0, 0.1) is 0 Å². The van der Waals surface area contributed by atoms with Crippen molar-refractivity contribution < 1.29 is 8.42 Å². The minimum Gasteiger partial charge on any atom is -0.342 e. The second kappa shape index (κ2) is 4.77. The van der Waals surface area contributed by atoms with Crippen LogP contribution in [0.1, 0.15) is 5.56 Å². The second-order valence-corrected chi connectivity index (χ2v) is 6.20. The van der Waals surface area contributed by atoms with E-state index < -0.39 is 10.0 Å². The highest BCUT2D eigenvalue weighted by atomic mass is 32.2. The van der Waals surface area contributed by atoms with Crippen LogP contribution in [-0.2, 0) is 16.6 Å². The Balaban J connectivity index is 2.17. The van der Waals surface area contributed by atoms with Gasteiger partial charge in [-0.25, -0.2) is 13.6 Å². The number of hydrogen-bond acceptors (Lipinski definition) is 2. The van der Waals surface area contributed by atoms with Gasteiger partial charge in [0.25, 0.3) is 0 Å². The number of nitrogens with zero attached hydrogens (tertiary/aromatic N) is 1. The van der Waals surface area contributed by atoms with Gasteiger partial charge in [0.1, 0.15) is 4.90 Å². The molecule has 0 amide bonds. The van der Waals surface area contributed by atoms with Crippen LogP contribution < -0.4 is 5.14 Å². The quantitative estimate of drug-likeness (QED) is 0.803. The van der Waals surface area contributed by atoms with Gasteiger partial charge in [0.15, 0.2) is 0 Å². The van der Waals surface area contributed by atoms with Crippen molar-refractivity contribution in [2.45, 2.75) is 11.4 Å². The lowest BCUT2D eigenvalue weighted by Crippen LogP contribution is -2.11. The fourth-order valence-corrected chi connectivity index (χ4v) is 3.10. The van der Waals surface area contributed by atoms with E-state index in [1.807, 2.05) is 53.1 Å². The molecule has 102 valence electrons. The molecule has 4 nitrogen and oxygen atoms in total. The van der Waals surface area contributed by atoms with Crippen LogP contribution in [-0.4, -0.2) is 13.0 Å². The zero-order valence-corrected chi connectivity index (χ0v) is 11.5. The number of sulfonamides is 1. The molecule has 1 aromatic heterocycles. The third-order valence-corrected chi connectivity index (χ3v) is 4.19. The van der Waals surface area contributed by atoms with E-state index in [2.05, 4.69) is 0 Å². The molecule has 2 N–H and O–H groups in total. The zero-order chi connectivity index (χ0) is 14.2. The van der Waals surface area contributed by atoms with Crippen LogP contribution in [0.2, 0.25) is 0 Å². The SMILES string of the molecule is NS(=O)(=O)c1cn(Cc2ccccc2)c2ccccc12. The van der Waals surface area contributed by atoms with Gasteiger partial charge in [-0.05, 0) is 11.6 Å². The highest BCUT2D eigenvalue weighted by molar-refractivity contribution is 7.89. The Bertz CT molecular complexity index is 852. The van der Waals surface area contributed by atoms with Gasteiger partial charge < -0.3 is 4.57 Å². The van der Waals surface area contributed by atoms with Gasteiger partial charge in [-0.3, -0.25) is 0 Å². The van der Waals surface area contributed by atoms with Gasteiger partial charge in [-0.15, -0.1) is 0 Å². The highest BCUT2D eigenvalue weighted by Crippen LogP contribution is 2.25. The van der Waals surface area contributed by atoms with Crippen LogP contribution in [0.4, 0.5) is 0 Å². The van der Waals surface area contributed by atoms with Crippen molar-refractivity contribution in [3.05, 3.63) is 66.4 Å². The normalized spacial score (nSPS) is 11.8. The Labute approximate surface area is 117 Å². The topological polar surface area (TPSA) is 65.1 Å². The molecule has 0 bridgehead atoms. The molecule has 0 aliphatic rings. The lowest BCUT2D eigenvalue weighted by Gasteiger charge is -2.04. The second-order valence-electron chi connectivity index (χ2n) is 4.67. The molecule has 1 heterocycles. The molecule has 3 rings (SSSR count). The summed E-state index contributed by atoms with van der Waals surface area (Å²) in [6.07, 6.45) is 1.60. The van der Waals surface area contributed by atoms with Gasteiger partial charge in [0.2, 0.25) is 10.0 Å². The van der Waals surface area contributed by atoms with E-state index in [-0.39, 0.29) is 4.90 Å². The first kappa shape index (κ1) is 12.9.